The third kappa shape index (κ3) is 3.14. The molecule has 0 saturated heterocycles. The van der Waals surface area contributed by atoms with Gasteiger partial charge in [-0.25, -0.2) is 8.42 Å². The number of rotatable bonds is 5. The highest BCUT2D eigenvalue weighted by atomic mass is 32.2. The molecule has 26 heavy (non-hydrogen) atoms. The number of anilines is 1. The van der Waals surface area contributed by atoms with Gasteiger partial charge in [0.1, 0.15) is 15.0 Å². The molecular formula is C16H12N4O3S3. The second kappa shape index (κ2) is 6.63. The maximum absolute atomic E-state index is 12.6. The molecule has 0 saturated carbocycles. The van der Waals surface area contributed by atoms with Crippen LogP contribution in [0.5, 0.6) is 5.75 Å². The first-order valence-electron chi connectivity index (χ1n) is 7.39. The van der Waals surface area contributed by atoms with Gasteiger partial charge in [0, 0.05) is 10.8 Å². The summed E-state index contributed by atoms with van der Waals surface area (Å²) in [6.45, 7) is 0. The largest absolute Gasteiger partial charge is 0.506 e. The molecule has 0 aliphatic rings. The van der Waals surface area contributed by atoms with Crippen molar-refractivity contribution >= 4 is 49.6 Å². The molecule has 7 nitrogen and oxygen atoms in total. The molecule has 0 aliphatic heterocycles. The molecule has 0 spiro atoms. The topological polar surface area (TPSA) is 108 Å². The molecule has 0 amide bonds. The van der Waals surface area contributed by atoms with Crippen molar-refractivity contribution in [3.63, 3.8) is 0 Å². The van der Waals surface area contributed by atoms with Crippen LogP contribution in [0.2, 0.25) is 0 Å². The van der Waals surface area contributed by atoms with Crippen molar-refractivity contribution in [1.82, 2.24) is 15.4 Å². The average molecular weight is 404 g/mol. The van der Waals surface area contributed by atoms with E-state index in [-0.39, 0.29) is 9.96 Å². The third-order valence-corrected chi connectivity index (χ3v) is 7.29. The Labute approximate surface area is 157 Å². The molecule has 0 unspecified atom stereocenters. The summed E-state index contributed by atoms with van der Waals surface area (Å²) in [5, 5.41) is 24.2. The van der Waals surface area contributed by atoms with Crippen molar-refractivity contribution in [2.75, 3.05) is 4.72 Å². The number of hydrogen-bond acceptors (Lipinski definition) is 7. The SMILES string of the molecule is O=S(=O)(Nc1cc(Sc2cn[nH]n2)c(O)c2ccccc12)c1cccs1. The zero-order valence-corrected chi connectivity index (χ0v) is 15.5. The summed E-state index contributed by atoms with van der Waals surface area (Å²) in [6.07, 6.45) is 1.52. The summed E-state index contributed by atoms with van der Waals surface area (Å²) < 4.78 is 28.1. The Balaban J connectivity index is 1.84. The second-order valence-corrected chi connectivity index (χ2v) is 9.18. The van der Waals surface area contributed by atoms with Crippen LogP contribution < -0.4 is 4.72 Å². The summed E-state index contributed by atoms with van der Waals surface area (Å²) >= 11 is 2.32. The summed E-state index contributed by atoms with van der Waals surface area (Å²) in [5.74, 6) is 0.0627. The van der Waals surface area contributed by atoms with Crippen LogP contribution >= 0.6 is 23.1 Å². The Kier molecular flexibility index (Phi) is 4.31. The van der Waals surface area contributed by atoms with E-state index >= 15 is 0 Å². The van der Waals surface area contributed by atoms with Crippen LogP contribution in [0.15, 0.2) is 68.2 Å². The first-order chi connectivity index (χ1) is 12.5. The number of aromatic amines is 1. The number of H-pyrrole nitrogens is 1. The van der Waals surface area contributed by atoms with Gasteiger partial charge >= 0.3 is 0 Å². The maximum atomic E-state index is 12.6. The van der Waals surface area contributed by atoms with E-state index in [4.69, 9.17) is 0 Å². The predicted molar refractivity (Wildman–Crippen MR) is 101 cm³/mol. The predicted octanol–water partition coefficient (Wildman–Crippen LogP) is 3.68. The minimum absolute atomic E-state index is 0.0627. The molecule has 2 aromatic heterocycles. The van der Waals surface area contributed by atoms with Crippen LogP contribution in [-0.4, -0.2) is 28.9 Å². The van der Waals surface area contributed by atoms with Crippen LogP contribution in [-0.2, 0) is 10.0 Å². The molecule has 0 radical (unpaired) electrons. The lowest BCUT2D eigenvalue weighted by Crippen LogP contribution is -2.11. The van der Waals surface area contributed by atoms with Crippen LogP contribution in [0.25, 0.3) is 10.8 Å². The van der Waals surface area contributed by atoms with Crippen LogP contribution in [0.1, 0.15) is 0 Å². The smallest absolute Gasteiger partial charge is 0.271 e. The number of aromatic hydroxyl groups is 1. The van der Waals surface area contributed by atoms with Gasteiger partial charge in [-0.3, -0.25) is 4.72 Å². The van der Waals surface area contributed by atoms with E-state index in [0.29, 0.717) is 26.4 Å². The number of phenolic OH excluding ortho intramolecular Hbond substituents is 1. The number of thiophene rings is 1. The summed E-state index contributed by atoms with van der Waals surface area (Å²) in [6, 6.07) is 11.9. The highest BCUT2D eigenvalue weighted by molar-refractivity contribution is 7.99. The number of aromatic nitrogens is 3. The van der Waals surface area contributed by atoms with Crippen LogP contribution in [0.4, 0.5) is 5.69 Å². The van der Waals surface area contributed by atoms with E-state index in [2.05, 4.69) is 20.1 Å². The number of nitrogens with zero attached hydrogens (tertiary/aromatic N) is 2. The van der Waals surface area contributed by atoms with E-state index in [1.165, 1.54) is 18.0 Å². The van der Waals surface area contributed by atoms with Gasteiger partial charge in [0.15, 0.2) is 0 Å². The van der Waals surface area contributed by atoms with E-state index in [1.54, 1.807) is 47.8 Å². The highest BCUT2D eigenvalue weighted by Crippen LogP contribution is 2.42. The first-order valence-corrected chi connectivity index (χ1v) is 10.6. The van der Waals surface area contributed by atoms with Crippen molar-refractivity contribution in [2.45, 2.75) is 14.1 Å². The average Bonchev–Trinajstić information content (AvgIpc) is 3.33. The lowest BCUT2D eigenvalue weighted by atomic mass is 10.1. The molecule has 2 aromatic carbocycles. The van der Waals surface area contributed by atoms with Crippen LogP contribution in [0, 0.1) is 0 Å². The molecule has 2 heterocycles. The number of fused-ring (bicyclic) bond motifs is 1. The Hall–Kier alpha value is -2.56. The van der Waals surface area contributed by atoms with Gasteiger partial charge in [-0.2, -0.15) is 10.3 Å². The molecule has 3 N–H and O–H groups in total. The van der Waals surface area contributed by atoms with Gasteiger partial charge in [0.2, 0.25) is 0 Å². The number of benzene rings is 2. The lowest BCUT2D eigenvalue weighted by Gasteiger charge is -2.13. The number of phenols is 1. The van der Waals surface area contributed by atoms with E-state index < -0.39 is 10.0 Å². The summed E-state index contributed by atoms with van der Waals surface area (Å²) in [5.41, 5.74) is 0.387. The Morgan fingerprint density at radius 1 is 1.15 bits per heavy atom. The molecule has 0 aliphatic carbocycles. The van der Waals surface area contributed by atoms with Gasteiger partial charge in [-0.15, -0.1) is 16.4 Å². The van der Waals surface area contributed by atoms with Crippen molar-refractivity contribution in [1.29, 1.82) is 0 Å². The Morgan fingerprint density at radius 3 is 2.65 bits per heavy atom. The first kappa shape index (κ1) is 16.9. The van der Waals surface area contributed by atoms with Crippen LogP contribution in [0.3, 0.4) is 0 Å². The molecule has 10 heteroatoms. The minimum Gasteiger partial charge on any atom is -0.506 e. The van der Waals surface area contributed by atoms with Crippen molar-refractivity contribution < 1.29 is 13.5 Å². The summed E-state index contributed by atoms with van der Waals surface area (Å²) in [4.78, 5) is 0.474. The van der Waals surface area contributed by atoms with Crippen molar-refractivity contribution in [3.05, 3.63) is 54.0 Å². The number of nitrogens with one attached hydrogen (secondary N) is 2. The summed E-state index contributed by atoms with van der Waals surface area (Å²) in [7, 11) is -3.71. The third-order valence-electron chi connectivity index (χ3n) is 3.59. The maximum Gasteiger partial charge on any atom is 0.271 e. The molecule has 4 rings (SSSR count). The molecule has 0 fully saturated rings. The van der Waals surface area contributed by atoms with Gasteiger partial charge in [-0.1, -0.05) is 42.1 Å². The zero-order valence-electron chi connectivity index (χ0n) is 13.1. The van der Waals surface area contributed by atoms with Crippen molar-refractivity contribution in [3.8, 4) is 5.75 Å². The van der Waals surface area contributed by atoms with E-state index in [1.807, 2.05) is 0 Å². The molecule has 4 aromatic rings. The van der Waals surface area contributed by atoms with Gasteiger partial charge in [-0.05, 0) is 17.5 Å². The normalized spacial score (nSPS) is 11.7. The molecule has 132 valence electrons. The van der Waals surface area contributed by atoms with E-state index in [0.717, 1.165) is 11.3 Å². The monoisotopic (exact) mass is 404 g/mol. The number of sulfonamides is 1. The lowest BCUT2D eigenvalue weighted by molar-refractivity contribution is 0.469. The highest BCUT2D eigenvalue weighted by Gasteiger charge is 2.19. The number of hydrogen-bond donors (Lipinski definition) is 3. The van der Waals surface area contributed by atoms with E-state index in [9.17, 15) is 13.5 Å². The standard InChI is InChI=1S/C16H12N4O3S3/c21-16-11-5-2-1-4-10(11)12(8-13(16)25-14-9-17-20-18-14)19-26(22,23)15-6-3-7-24-15/h1-9,19,21H,(H,17,18,20). The fourth-order valence-corrected chi connectivity index (χ4v) is 5.33. The van der Waals surface area contributed by atoms with Gasteiger partial charge in [0.25, 0.3) is 10.0 Å². The minimum atomic E-state index is -3.71. The fourth-order valence-electron chi connectivity index (χ4n) is 2.46. The van der Waals surface area contributed by atoms with Gasteiger partial charge < -0.3 is 5.11 Å². The molecule has 0 bridgehead atoms. The second-order valence-electron chi connectivity index (χ2n) is 5.26. The quantitative estimate of drug-likeness (QED) is 0.438. The Morgan fingerprint density at radius 2 is 1.96 bits per heavy atom. The zero-order chi connectivity index (χ0) is 18.1. The molecule has 0 atom stereocenters. The Bertz CT molecular complexity index is 1160. The van der Waals surface area contributed by atoms with Gasteiger partial charge in [0.05, 0.1) is 16.8 Å². The van der Waals surface area contributed by atoms with Crippen molar-refractivity contribution in [2.24, 2.45) is 0 Å². The fraction of sp³-hybridized carbons (Fsp3) is 0. The molecular weight excluding hydrogens is 392 g/mol.